The van der Waals surface area contributed by atoms with E-state index in [0.717, 1.165) is 11.4 Å². The maximum absolute atomic E-state index is 12.8. The third kappa shape index (κ3) is 4.10. The van der Waals surface area contributed by atoms with Crippen molar-refractivity contribution < 1.29 is 13.6 Å². The predicted octanol–water partition coefficient (Wildman–Crippen LogP) is 0.210. The highest BCUT2D eigenvalue weighted by Gasteiger charge is 2.27. The summed E-state index contributed by atoms with van der Waals surface area (Å²) < 4.78 is 27.0. The lowest BCUT2D eigenvalue weighted by molar-refractivity contribution is -0.123. The summed E-state index contributed by atoms with van der Waals surface area (Å²) in [5, 5.41) is 6.19. The maximum Gasteiger partial charge on any atom is 0.277 e. The molecule has 0 radical (unpaired) electrons. The van der Waals surface area contributed by atoms with Gasteiger partial charge < -0.3 is 11.1 Å². The van der Waals surface area contributed by atoms with Crippen LogP contribution in [0, 0.1) is 13.8 Å². The van der Waals surface area contributed by atoms with E-state index in [0.29, 0.717) is 0 Å². The summed E-state index contributed by atoms with van der Waals surface area (Å²) in [6, 6.07) is 1.81. The van der Waals surface area contributed by atoms with Crippen molar-refractivity contribution >= 4 is 5.91 Å². The number of halogens is 2. The summed E-state index contributed by atoms with van der Waals surface area (Å²) in [4.78, 5) is 11.4. The van der Waals surface area contributed by atoms with Gasteiger partial charge in [-0.25, -0.2) is 8.78 Å². The van der Waals surface area contributed by atoms with Gasteiger partial charge in [-0.3, -0.25) is 9.48 Å². The van der Waals surface area contributed by atoms with Gasteiger partial charge >= 0.3 is 0 Å². The van der Waals surface area contributed by atoms with Crippen molar-refractivity contribution in [1.82, 2.24) is 15.1 Å². The molecular formula is C10H16F2N4O. The average Bonchev–Trinajstić information content (AvgIpc) is 2.55. The van der Waals surface area contributed by atoms with Crippen LogP contribution in [0.3, 0.4) is 0 Å². The molecule has 3 N–H and O–H groups in total. The Hall–Kier alpha value is -1.50. The van der Waals surface area contributed by atoms with Gasteiger partial charge in [-0.2, -0.15) is 5.10 Å². The van der Waals surface area contributed by atoms with Gasteiger partial charge in [-0.1, -0.05) is 0 Å². The van der Waals surface area contributed by atoms with Gasteiger partial charge in [0, 0.05) is 5.69 Å². The normalized spacial score (nSPS) is 11.6. The van der Waals surface area contributed by atoms with Gasteiger partial charge in [-0.05, 0) is 19.9 Å². The van der Waals surface area contributed by atoms with Crippen molar-refractivity contribution in [3.63, 3.8) is 0 Å². The maximum atomic E-state index is 12.8. The Kier molecular flexibility index (Phi) is 4.17. The third-order valence-corrected chi connectivity index (χ3v) is 2.24. The summed E-state index contributed by atoms with van der Waals surface area (Å²) in [5.74, 6) is -3.57. The second-order valence-electron chi connectivity index (χ2n) is 3.92. The highest BCUT2D eigenvalue weighted by molar-refractivity contribution is 5.75. The van der Waals surface area contributed by atoms with E-state index in [9.17, 15) is 13.6 Å². The van der Waals surface area contributed by atoms with E-state index in [2.05, 4.69) is 10.4 Å². The number of alkyl halides is 2. The highest BCUT2D eigenvalue weighted by Crippen LogP contribution is 2.08. The van der Waals surface area contributed by atoms with Crippen LogP contribution in [0.1, 0.15) is 11.4 Å². The van der Waals surface area contributed by atoms with Gasteiger partial charge in [0.15, 0.2) is 0 Å². The van der Waals surface area contributed by atoms with Gasteiger partial charge in [0.2, 0.25) is 5.91 Å². The Labute approximate surface area is 98.0 Å². The summed E-state index contributed by atoms with van der Waals surface area (Å²) >= 11 is 0. The molecule has 0 bridgehead atoms. The number of aryl methyl sites for hydroxylation is 2. The number of nitrogens with one attached hydrogen (secondary N) is 1. The van der Waals surface area contributed by atoms with Crippen LogP contribution in [0.5, 0.6) is 0 Å². The Balaban J connectivity index is 2.48. The first-order valence-corrected chi connectivity index (χ1v) is 5.20. The molecule has 0 saturated carbocycles. The molecule has 0 spiro atoms. The average molecular weight is 246 g/mol. The van der Waals surface area contributed by atoms with Crippen LogP contribution in [0.2, 0.25) is 0 Å². The standard InChI is InChI=1S/C10H16F2N4O/c1-7-3-8(2)16(15-7)4-9(17)14-6-10(11,12)5-13/h3H,4-6,13H2,1-2H3,(H,14,17). The monoisotopic (exact) mass is 246 g/mol. The fourth-order valence-corrected chi connectivity index (χ4v) is 1.33. The van der Waals surface area contributed by atoms with Crippen molar-refractivity contribution in [2.75, 3.05) is 13.1 Å². The van der Waals surface area contributed by atoms with Gasteiger partial charge in [0.1, 0.15) is 6.54 Å². The largest absolute Gasteiger partial charge is 0.348 e. The van der Waals surface area contributed by atoms with Crippen LogP contribution in [0.4, 0.5) is 8.78 Å². The fraction of sp³-hybridized carbons (Fsp3) is 0.600. The number of hydrogen-bond acceptors (Lipinski definition) is 3. The zero-order valence-electron chi connectivity index (χ0n) is 9.83. The summed E-state index contributed by atoms with van der Waals surface area (Å²) in [6.07, 6.45) is 0. The molecule has 0 aromatic carbocycles. The van der Waals surface area contributed by atoms with Crippen molar-refractivity contribution in [2.45, 2.75) is 26.3 Å². The SMILES string of the molecule is Cc1cc(C)n(CC(=O)NCC(F)(F)CN)n1. The first-order valence-electron chi connectivity index (χ1n) is 5.20. The van der Waals surface area contributed by atoms with E-state index in [1.165, 1.54) is 4.68 Å². The molecule has 0 atom stereocenters. The molecule has 7 heteroatoms. The second kappa shape index (κ2) is 5.22. The van der Waals surface area contributed by atoms with E-state index >= 15 is 0 Å². The van der Waals surface area contributed by atoms with E-state index in [-0.39, 0.29) is 6.54 Å². The highest BCUT2D eigenvalue weighted by atomic mass is 19.3. The summed E-state index contributed by atoms with van der Waals surface area (Å²) in [6.45, 7) is 1.99. The Morgan fingerprint density at radius 1 is 1.59 bits per heavy atom. The van der Waals surface area contributed by atoms with Gasteiger partial charge in [0.25, 0.3) is 5.92 Å². The van der Waals surface area contributed by atoms with E-state index in [1.807, 2.05) is 6.07 Å². The molecule has 1 amide bonds. The molecule has 1 aromatic heterocycles. The van der Waals surface area contributed by atoms with Crippen LogP contribution < -0.4 is 11.1 Å². The van der Waals surface area contributed by atoms with Crippen LogP contribution in [-0.2, 0) is 11.3 Å². The van der Waals surface area contributed by atoms with Gasteiger partial charge in [-0.15, -0.1) is 0 Å². The minimum atomic E-state index is -3.06. The van der Waals surface area contributed by atoms with Crippen molar-refractivity contribution in [3.8, 4) is 0 Å². The Bertz CT molecular complexity index is 403. The predicted molar refractivity (Wildman–Crippen MR) is 58.7 cm³/mol. The molecule has 0 aliphatic carbocycles. The van der Waals surface area contributed by atoms with Crippen LogP contribution in [0.25, 0.3) is 0 Å². The summed E-state index contributed by atoms with van der Waals surface area (Å²) in [7, 11) is 0. The minimum absolute atomic E-state index is 0.0691. The topological polar surface area (TPSA) is 72.9 Å². The van der Waals surface area contributed by atoms with Crippen molar-refractivity contribution in [2.24, 2.45) is 5.73 Å². The van der Waals surface area contributed by atoms with E-state index in [4.69, 9.17) is 5.73 Å². The fourth-order valence-electron chi connectivity index (χ4n) is 1.33. The van der Waals surface area contributed by atoms with E-state index in [1.54, 1.807) is 13.8 Å². The first-order chi connectivity index (χ1) is 7.84. The third-order valence-electron chi connectivity index (χ3n) is 2.24. The second-order valence-corrected chi connectivity index (χ2v) is 3.92. The van der Waals surface area contributed by atoms with Gasteiger partial charge in [0.05, 0.1) is 18.8 Å². The smallest absolute Gasteiger partial charge is 0.277 e. The molecule has 1 aromatic rings. The quantitative estimate of drug-likeness (QED) is 0.780. The van der Waals surface area contributed by atoms with Crippen LogP contribution in [0.15, 0.2) is 6.07 Å². The first kappa shape index (κ1) is 13.6. The van der Waals surface area contributed by atoms with Crippen molar-refractivity contribution in [3.05, 3.63) is 17.5 Å². The number of hydrogen-bond donors (Lipinski definition) is 2. The summed E-state index contributed by atoms with van der Waals surface area (Å²) in [5.41, 5.74) is 6.44. The number of amides is 1. The van der Waals surface area contributed by atoms with Crippen LogP contribution >= 0.6 is 0 Å². The number of nitrogens with zero attached hydrogens (tertiary/aromatic N) is 2. The number of rotatable bonds is 5. The lowest BCUT2D eigenvalue weighted by Gasteiger charge is -2.14. The Morgan fingerprint density at radius 2 is 2.24 bits per heavy atom. The zero-order chi connectivity index (χ0) is 13.1. The molecule has 0 aliphatic heterocycles. The van der Waals surface area contributed by atoms with Crippen molar-refractivity contribution in [1.29, 1.82) is 0 Å². The number of carbonyl (C=O) groups is 1. The number of nitrogens with two attached hydrogens (primary N) is 1. The molecule has 1 heterocycles. The minimum Gasteiger partial charge on any atom is -0.348 e. The molecule has 5 nitrogen and oxygen atoms in total. The molecule has 0 saturated heterocycles. The lowest BCUT2D eigenvalue weighted by Crippen LogP contribution is -2.42. The molecule has 0 fully saturated rings. The molecule has 0 aliphatic rings. The van der Waals surface area contributed by atoms with Crippen LogP contribution in [-0.4, -0.2) is 34.7 Å². The number of carbonyl (C=O) groups excluding carboxylic acids is 1. The Morgan fingerprint density at radius 3 is 2.71 bits per heavy atom. The molecule has 0 unspecified atom stereocenters. The molecule has 17 heavy (non-hydrogen) atoms. The molecule has 1 rings (SSSR count). The zero-order valence-corrected chi connectivity index (χ0v) is 9.83. The lowest BCUT2D eigenvalue weighted by atomic mass is 10.3. The molecular weight excluding hydrogens is 230 g/mol. The van der Waals surface area contributed by atoms with E-state index < -0.39 is 24.9 Å². The number of aromatic nitrogens is 2. The molecule has 96 valence electrons.